The third kappa shape index (κ3) is 1.79. The van der Waals surface area contributed by atoms with Gasteiger partial charge in [0, 0.05) is 12.5 Å². The normalized spacial score (nSPS) is 33.7. The summed E-state index contributed by atoms with van der Waals surface area (Å²) < 4.78 is 5.26. The van der Waals surface area contributed by atoms with Crippen LogP contribution in [0.4, 0.5) is 0 Å². The minimum Gasteiger partial charge on any atom is -0.378 e. The van der Waals surface area contributed by atoms with Crippen LogP contribution in [0.3, 0.4) is 0 Å². The van der Waals surface area contributed by atoms with E-state index in [1.54, 1.807) is 6.92 Å². The minimum absolute atomic E-state index is 0.0370. The summed E-state index contributed by atoms with van der Waals surface area (Å²) in [5.41, 5.74) is 5.47. The number of nitrogens with two attached hydrogens (primary N) is 1. The van der Waals surface area contributed by atoms with Gasteiger partial charge in [0.15, 0.2) is 5.78 Å². The van der Waals surface area contributed by atoms with Crippen LogP contribution in [0.1, 0.15) is 20.3 Å². The third-order valence-electron chi connectivity index (χ3n) is 2.19. The summed E-state index contributed by atoms with van der Waals surface area (Å²) in [4.78, 5) is 11.4. The first-order valence-corrected chi connectivity index (χ1v) is 4.04. The fourth-order valence-corrected chi connectivity index (χ4v) is 1.44. The molecule has 3 atom stereocenters. The molecule has 0 aromatic carbocycles. The van der Waals surface area contributed by atoms with E-state index < -0.39 is 0 Å². The van der Waals surface area contributed by atoms with Gasteiger partial charge in [0.1, 0.15) is 0 Å². The zero-order valence-corrected chi connectivity index (χ0v) is 7.04. The highest BCUT2D eigenvalue weighted by molar-refractivity contribution is 5.86. The van der Waals surface area contributed by atoms with Crippen molar-refractivity contribution < 1.29 is 9.53 Å². The van der Waals surface area contributed by atoms with Crippen molar-refractivity contribution in [1.29, 1.82) is 0 Å². The molecule has 1 heterocycles. The maximum atomic E-state index is 11.4. The molecule has 1 rings (SSSR count). The summed E-state index contributed by atoms with van der Waals surface area (Å²) in [6.45, 7) is 4.36. The lowest BCUT2D eigenvalue weighted by Crippen LogP contribution is -2.35. The molecule has 64 valence electrons. The van der Waals surface area contributed by atoms with E-state index in [2.05, 4.69) is 0 Å². The van der Waals surface area contributed by atoms with Gasteiger partial charge >= 0.3 is 0 Å². The van der Waals surface area contributed by atoms with Crippen molar-refractivity contribution >= 4 is 5.78 Å². The van der Waals surface area contributed by atoms with Crippen molar-refractivity contribution in [2.75, 3.05) is 6.61 Å². The van der Waals surface area contributed by atoms with Gasteiger partial charge in [0.2, 0.25) is 0 Å². The maximum Gasteiger partial charge on any atom is 0.154 e. The Morgan fingerprint density at radius 1 is 1.73 bits per heavy atom. The number of carbonyl (C=O) groups excluding carboxylic acids is 1. The molecular formula is C8H15NO2. The SMILES string of the molecule is CC(N)C(=O)C1CCOC1C. The van der Waals surface area contributed by atoms with Gasteiger partial charge in [-0.2, -0.15) is 0 Å². The van der Waals surface area contributed by atoms with E-state index in [1.165, 1.54) is 0 Å². The Kier molecular flexibility index (Phi) is 2.62. The highest BCUT2D eigenvalue weighted by Gasteiger charge is 2.31. The Balaban J connectivity index is 2.53. The number of carbonyl (C=O) groups is 1. The van der Waals surface area contributed by atoms with Gasteiger partial charge in [-0.05, 0) is 20.3 Å². The number of hydrogen-bond acceptors (Lipinski definition) is 3. The van der Waals surface area contributed by atoms with Crippen LogP contribution in [0.5, 0.6) is 0 Å². The van der Waals surface area contributed by atoms with Crippen molar-refractivity contribution in [3.63, 3.8) is 0 Å². The van der Waals surface area contributed by atoms with Gasteiger partial charge < -0.3 is 10.5 Å². The number of Topliss-reactive ketones (excluding diaryl/α,β-unsaturated/α-hetero) is 1. The van der Waals surface area contributed by atoms with E-state index in [-0.39, 0.29) is 23.8 Å². The fourth-order valence-electron chi connectivity index (χ4n) is 1.44. The van der Waals surface area contributed by atoms with Crippen molar-refractivity contribution in [2.24, 2.45) is 11.7 Å². The molecule has 11 heavy (non-hydrogen) atoms. The molecule has 3 unspecified atom stereocenters. The van der Waals surface area contributed by atoms with Crippen LogP contribution < -0.4 is 5.73 Å². The largest absolute Gasteiger partial charge is 0.378 e. The van der Waals surface area contributed by atoms with Crippen molar-refractivity contribution in [2.45, 2.75) is 32.4 Å². The molecule has 1 fully saturated rings. The van der Waals surface area contributed by atoms with Gasteiger partial charge in [0.05, 0.1) is 12.1 Å². The van der Waals surface area contributed by atoms with E-state index in [9.17, 15) is 4.79 Å². The molecule has 0 bridgehead atoms. The van der Waals surface area contributed by atoms with E-state index in [4.69, 9.17) is 10.5 Å². The summed E-state index contributed by atoms with van der Waals surface area (Å²) in [6.07, 6.45) is 0.898. The molecule has 0 aliphatic carbocycles. The van der Waals surface area contributed by atoms with Crippen LogP contribution in [0, 0.1) is 5.92 Å². The Hall–Kier alpha value is -0.410. The Morgan fingerprint density at radius 2 is 2.36 bits per heavy atom. The minimum atomic E-state index is -0.343. The van der Waals surface area contributed by atoms with Gasteiger partial charge in [-0.3, -0.25) is 4.79 Å². The average molecular weight is 157 g/mol. The second-order valence-electron chi connectivity index (χ2n) is 3.16. The summed E-state index contributed by atoms with van der Waals surface area (Å²) in [7, 11) is 0. The summed E-state index contributed by atoms with van der Waals surface area (Å²) >= 11 is 0. The quantitative estimate of drug-likeness (QED) is 0.628. The van der Waals surface area contributed by atoms with Crippen molar-refractivity contribution in [3.05, 3.63) is 0 Å². The molecular weight excluding hydrogens is 142 g/mol. The van der Waals surface area contributed by atoms with Crippen LogP contribution in [0.25, 0.3) is 0 Å². The molecule has 0 amide bonds. The van der Waals surface area contributed by atoms with Crippen LogP contribution in [0.2, 0.25) is 0 Å². The monoisotopic (exact) mass is 157 g/mol. The Morgan fingerprint density at radius 3 is 2.73 bits per heavy atom. The molecule has 0 aromatic rings. The van der Waals surface area contributed by atoms with E-state index >= 15 is 0 Å². The summed E-state index contributed by atoms with van der Waals surface area (Å²) in [5.74, 6) is 0.171. The molecule has 2 N–H and O–H groups in total. The lowest BCUT2D eigenvalue weighted by molar-refractivity contribution is -0.125. The average Bonchev–Trinajstić information content (AvgIpc) is 2.33. The molecule has 3 nitrogen and oxygen atoms in total. The number of rotatable bonds is 2. The first kappa shape index (κ1) is 8.68. The van der Waals surface area contributed by atoms with Gasteiger partial charge in [-0.1, -0.05) is 0 Å². The van der Waals surface area contributed by atoms with E-state index in [0.717, 1.165) is 6.42 Å². The van der Waals surface area contributed by atoms with E-state index in [1.807, 2.05) is 6.92 Å². The Labute approximate surface area is 66.9 Å². The van der Waals surface area contributed by atoms with Crippen LogP contribution in [-0.2, 0) is 9.53 Å². The van der Waals surface area contributed by atoms with E-state index in [0.29, 0.717) is 6.61 Å². The Bertz CT molecular complexity index is 156. The first-order chi connectivity index (χ1) is 5.13. The number of hydrogen-bond donors (Lipinski definition) is 1. The van der Waals surface area contributed by atoms with Crippen LogP contribution in [-0.4, -0.2) is 24.5 Å². The highest BCUT2D eigenvalue weighted by Crippen LogP contribution is 2.21. The molecule has 0 aromatic heterocycles. The zero-order valence-electron chi connectivity index (χ0n) is 7.04. The predicted octanol–water partition coefficient (Wildman–Crippen LogP) is 0.328. The third-order valence-corrected chi connectivity index (χ3v) is 2.19. The molecule has 0 radical (unpaired) electrons. The van der Waals surface area contributed by atoms with Crippen molar-refractivity contribution in [3.8, 4) is 0 Å². The van der Waals surface area contributed by atoms with Crippen molar-refractivity contribution in [1.82, 2.24) is 0 Å². The van der Waals surface area contributed by atoms with Crippen LogP contribution in [0.15, 0.2) is 0 Å². The lowest BCUT2D eigenvalue weighted by Gasteiger charge is -2.14. The topological polar surface area (TPSA) is 52.3 Å². The molecule has 1 saturated heterocycles. The second kappa shape index (κ2) is 3.32. The molecule has 1 aliphatic rings. The smallest absolute Gasteiger partial charge is 0.154 e. The number of ketones is 1. The van der Waals surface area contributed by atoms with Gasteiger partial charge in [0.25, 0.3) is 0 Å². The maximum absolute atomic E-state index is 11.4. The molecule has 3 heteroatoms. The molecule has 0 spiro atoms. The second-order valence-corrected chi connectivity index (χ2v) is 3.16. The highest BCUT2D eigenvalue weighted by atomic mass is 16.5. The standard InChI is InChI=1S/C8H15NO2/c1-5(9)8(10)7-3-4-11-6(7)2/h5-7H,3-4,9H2,1-2H3. The summed E-state index contributed by atoms with van der Waals surface area (Å²) in [5, 5.41) is 0. The zero-order chi connectivity index (χ0) is 8.43. The number of ether oxygens (including phenoxy) is 1. The molecule has 1 aliphatic heterocycles. The van der Waals surface area contributed by atoms with Crippen LogP contribution >= 0.6 is 0 Å². The lowest BCUT2D eigenvalue weighted by atomic mass is 9.94. The molecule has 0 saturated carbocycles. The fraction of sp³-hybridized carbons (Fsp3) is 0.875. The van der Waals surface area contributed by atoms with Gasteiger partial charge in [-0.15, -0.1) is 0 Å². The van der Waals surface area contributed by atoms with Gasteiger partial charge in [-0.25, -0.2) is 0 Å². The predicted molar refractivity (Wildman–Crippen MR) is 42.2 cm³/mol. The first-order valence-electron chi connectivity index (χ1n) is 4.04. The summed E-state index contributed by atoms with van der Waals surface area (Å²) in [6, 6.07) is -0.343.